The van der Waals surface area contributed by atoms with Crippen molar-refractivity contribution in [3.63, 3.8) is 0 Å². The van der Waals surface area contributed by atoms with Gasteiger partial charge in [0.05, 0.1) is 5.01 Å². The topological polar surface area (TPSA) is 24.9 Å². The first-order valence-electron chi connectivity index (χ1n) is 7.25. The Morgan fingerprint density at radius 3 is 2.67 bits per heavy atom. The van der Waals surface area contributed by atoms with Crippen LogP contribution in [0.1, 0.15) is 43.0 Å². The maximum atomic E-state index is 4.62. The monoisotopic (exact) mass is 366 g/mol. The smallest absolute Gasteiger partial charge is 0.0934 e. The van der Waals surface area contributed by atoms with Gasteiger partial charge in [0.15, 0.2) is 0 Å². The van der Waals surface area contributed by atoms with Crippen LogP contribution in [-0.2, 0) is 6.42 Å². The van der Waals surface area contributed by atoms with Gasteiger partial charge in [0.25, 0.3) is 0 Å². The van der Waals surface area contributed by atoms with E-state index >= 15 is 0 Å². The zero-order chi connectivity index (χ0) is 15.5. The number of halogens is 1. The lowest BCUT2D eigenvalue weighted by molar-refractivity contribution is 0.404. The molecule has 2 nitrogen and oxygen atoms in total. The minimum atomic E-state index is 0.128. The number of rotatable bonds is 5. The zero-order valence-corrected chi connectivity index (χ0v) is 15.5. The second kappa shape index (κ2) is 7.03. The van der Waals surface area contributed by atoms with Gasteiger partial charge >= 0.3 is 0 Å². The number of nitrogens with one attached hydrogen (secondary N) is 1. The van der Waals surface area contributed by atoms with Crippen molar-refractivity contribution < 1.29 is 0 Å². The number of hydrogen-bond acceptors (Lipinski definition) is 3. The quantitative estimate of drug-likeness (QED) is 0.811. The molecule has 0 bridgehead atoms. The minimum Gasteiger partial charge on any atom is -0.311 e. The Hall–Kier alpha value is -0.710. The number of benzene rings is 1. The van der Waals surface area contributed by atoms with Crippen molar-refractivity contribution in [1.29, 1.82) is 0 Å². The SMILES string of the molecule is Cc1csc(CC(CNC(C)(C)C)c2cccc(Br)c2)n1. The molecule has 1 unspecified atom stereocenters. The average molecular weight is 367 g/mol. The fourth-order valence-corrected chi connectivity index (χ4v) is 3.48. The molecule has 1 heterocycles. The van der Waals surface area contributed by atoms with Gasteiger partial charge < -0.3 is 5.32 Å². The van der Waals surface area contributed by atoms with Gasteiger partial charge in [0.2, 0.25) is 0 Å². The molecule has 0 radical (unpaired) electrons. The first kappa shape index (κ1) is 16.7. The van der Waals surface area contributed by atoms with Crippen LogP contribution in [0, 0.1) is 6.92 Å². The lowest BCUT2D eigenvalue weighted by atomic mass is 9.94. The fourth-order valence-electron chi connectivity index (χ4n) is 2.21. The second-order valence-electron chi connectivity index (χ2n) is 6.47. The van der Waals surface area contributed by atoms with E-state index in [0.29, 0.717) is 5.92 Å². The average Bonchev–Trinajstić information content (AvgIpc) is 2.79. The van der Waals surface area contributed by atoms with Crippen LogP contribution in [-0.4, -0.2) is 17.1 Å². The molecule has 4 heteroatoms. The molecule has 21 heavy (non-hydrogen) atoms. The summed E-state index contributed by atoms with van der Waals surface area (Å²) in [5.41, 5.74) is 2.60. The Labute approximate surface area is 140 Å². The Morgan fingerprint density at radius 1 is 1.33 bits per heavy atom. The number of aromatic nitrogens is 1. The molecule has 0 fully saturated rings. The third kappa shape index (κ3) is 5.53. The van der Waals surface area contributed by atoms with E-state index in [-0.39, 0.29) is 5.54 Å². The van der Waals surface area contributed by atoms with Gasteiger partial charge in [0, 0.05) is 40.0 Å². The van der Waals surface area contributed by atoms with Gasteiger partial charge in [-0.3, -0.25) is 0 Å². The van der Waals surface area contributed by atoms with Crippen LogP contribution < -0.4 is 5.32 Å². The van der Waals surface area contributed by atoms with Gasteiger partial charge in [-0.15, -0.1) is 11.3 Å². The summed E-state index contributed by atoms with van der Waals surface area (Å²) in [5, 5.41) is 6.97. The Kier molecular flexibility index (Phi) is 5.58. The minimum absolute atomic E-state index is 0.128. The van der Waals surface area contributed by atoms with Gasteiger partial charge in [-0.05, 0) is 45.4 Å². The van der Waals surface area contributed by atoms with Crippen molar-refractivity contribution in [2.24, 2.45) is 0 Å². The van der Waals surface area contributed by atoms with Gasteiger partial charge in [-0.25, -0.2) is 4.98 Å². The van der Waals surface area contributed by atoms with Gasteiger partial charge in [-0.1, -0.05) is 28.1 Å². The molecular formula is C17H23BrN2S. The molecule has 1 aromatic heterocycles. The number of thiazole rings is 1. The zero-order valence-electron chi connectivity index (χ0n) is 13.1. The van der Waals surface area contributed by atoms with Crippen LogP contribution in [0.15, 0.2) is 34.1 Å². The van der Waals surface area contributed by atoms with Crippen molar-refractivity contribution in [3.05, 3.63) is 50.4 Å². The predicted molar refractivity (Wildman–Crippen MR) is 95.2 cm³/mol. The van der Waals surface area contributed by atoms with Crippen LogP contribution >= 0.6 is 27.3 Å². The predicted octanol–water partition coefficient (Wildman–Crippen LogP) is 4.93. The number of nitrogens with zero attached hydrogens (tertiary/aromatic N) is 1. The molecule has 114 valence electrons. The Morgan fingerprint density at radius 2 is 2.10 bits per heavy atom. The standard InChI is InChI=1S/C17H23BrN2S/c1-12-11-21-16(20-12)9-14(10-19-17(2,3)4)13-6-5-7-15(18)8-13/h5-8,11,14,19H,9-10H2,1-4H3. The van der Waals surface area contributed by atoms with E-state index in [1.807, 2.05) is 0 Å². The molecule has 0 aliphatic rings. The summed E-state index contributed by atoms with van der Waals surface area (Å²) < 4.78 is 1.14. The molecule has 1 atom stereocenters. The van der Waals surface area contributed by atoms with Crippen molar-refractivity contribution in [2.45, 2.75) is 45.6 Å². The molecule has 2 rings (SSSR count). The lowest BCUT2D eigenvalue weighted by Gasteiger charge is -2.25. The van der Waals surface area contributed by atoms with Gasteiger partial charge in [0.1, 0.15) is 0 Å². The summed E-state index contributed by atoms with van der Waals surface area (Å²) in [4.78, 5) is 4.62. The number of aryl methyl sites for hydroxylation is 1. The molecule has 0 saturated carbocycles. The van der Waals surface area contributed by atoms with Gasteiger partial charge in [-0.2, -0.15) is 0 Å². The van der Waals surface area contributed by atoms with E-state index in [1.54, 1.807) is 11.3 Å². The molecule has 0 amide bonds. The van der Waals surface area contributed by atoms with E-state index in [0.717, 1.165) is 23.1 Å². The van der Waals surface area contributed by atoms with E-state index < -0.39 is 0 Å². The molecule has 0 spiro atoms. The molecule has 1 aromatic carbocycles. The molecule has 1 N–H and O–H groups in total. The fraction of sp³-hybridized carbons (Fsp3) is 0.471. The highest BCUT2D eigenvalue weighted by atomic mass is 79.9. The van der Waals surface area contributed by atoms with Crippen LogP contribution in [0.25, 0.3) is 0 Å². The largest absolute Gasteiger partial charge is 0.311 e. The first-order valence-corrected chi connectivity index (χ1v) is 8.92. The highest BCUT2D eigenvalue weighted by molar-refractivity contribution is 9.10. The third-order valence-electron chi connectivity index (χ3n) is 3.29. The van der Waals surface area contributed by atoms with E-state index in [1.165, 1.54) is 10.6 Å². The summed E-state index contributed by atoms with van der Waals surface area (Å²) in [6.07, 6.45) is 0.984. The molecule has 0 aliphatic heterocycles. The molecule has 2 aromatic rings. The van der Waals surface area contributed by atoms with E-state index in [2.05, 4.69) is 83.6 Å². The van der Waals surface area contributed by atoms with Crippen LogP contribution in [0.2, 0.25) is 0 Å². The van der Waals surface area contributed by atoms with Crippen LogP contribution in [0.3, 0.4) is 0 Å². The summed E-state index contributed by atoms with van der Waals surface area (Å²) in [6, 6.07) is 8.61. The number of hydrogen-bond donors (Lipinski definition) is 1. The normalized spacial score (nSPS) is 13.4. The van der Waals surface area contributed by atoms with Crippen molar-refractivity contribution in [1.82, 2.24) is 10.3 Å². The van der Waals surface area contributed by atoms with E-state index in [4.69, 9.17) is 0 Å². The molecule has 0 aliphatic carbocycles. The Bertz CT molecular complexity index is 586. The molecule has 0 saturated heterocycles. The molecular weight excluding hydrogens is 344 g/mol. The van der Waals surface area contributed by atoms with E-state index in [9.17, 15) is 0 Å². The van der Waals surface area contributed by atoms with Crippen molar-refractivity contribution in [2.75, 3.05) is 6.54 Å². The first-order chi connectivity index (χ1) is 9.83. The summed E-state index contributed by atoms with van der Waals surface area (Å²) in [5.74, 6) is 0.437. The van der Waals surface area contributed by atoms with Crippen molar-refractivity contribution in [3.8, 4) is 0 Å². The lowest BCUT2D eigenvalue weighted by Crippen LogP contribution is -2.39. The van der Waals surface area contributed by atoms with Crippen LogP contribution in [0.4, 0.5) is 0 Å². The summed E-state index contributed by atoms with van der Waals surface area (Å²) in [6.45, 7) is 9.63. The maximum Gasteiger partial charge on any atom is 0.0934 e. The van der Waals surface area contributed by atoms with Crippen molar-refractivity contribution >= 4 is 27.3 Å². The Balaban J connectivity index is 2.17. The highest BCUT2D eigenvalue weighted by Crippen LogP contribution is 2.25. The maximum absolute atomic E-state index is 4.62. The summed E-state index contributed by atoms with van der Waals surface area (Å²) in [7, 11) is 0. The van der Waals surface area contributed by atoms with Crippen LogP contribution in [0.5, 0.6) is 0 Å². The third-order valence-corrected chi connectivity index (χ3v) is 4.77. The second-order valence-corrected chi connectivity index (χ2v) is 8.33. The summed E-state index contributed by atoms with van der Waals surface area (Å²) >= 11 is 5.34. The highest BCUT2D eigenvalue weighted by Gasteiger charge is 2.18.